The Labute approximate surface area is 158 Å². The molecule has 142 valence electrons. The Morgan fingerprint density at radius 3 is 2.48 bits per heavy atom. The van der Waals surface area contributed by atoms with E-state index in [1.807, 2.05) is 31.2 Å². The Bertz CT molecular complexity index is 825. The lowest BCUT2D eigenvalue weighted by molar-refractivity contribution is -0.136. The van der Waals surface area contributed by atoms with Crippen LogP contribution in [0.5, 0.6) is 17.2 Å². The van der Waals surface area contributed by atoms with E-state index in [2.05, 4.69) is 0 Å². The summed E-state index contributed by atoms with van der Waals surface area (Å²) in [7, 11) is 2.96. The van der Waals surface area contributed by atoms with Crippen LogP contribution in [0.1, 0.15) is 22.8 Å². The van der Waals surface area contributed by atoms with Gasteiger partial charge in [-0.25, -0.2) is 4.79 Å². The van der Waals surface area contributed by atoms with E-state index in [4.69, 9.17) is 18.9 Å². The maximum Gasteiger partial charge on any atom is 0.331 e. The summed E-state index contributed by atoms with van der Waals surface area (Å²) in [6.45, 7) is 2.00. The molecule has 0 aliphatic heterocycles. The number of hydrogen-bond donors (Lipinski definition) is 0. The standard InChI is InChI=1S/C21H22O6/c1-4-26-19-8-6-5-7-15(19)9-12-21(23)27-14-18(22)17-13-16(24-2)10-11-20(17)25-3/h5-13H,4,14H2,1-3H3/b12-9+. The number of benzene rings is 2. The topological polar surface area (TPSA) is 71.1 Å². The van der Waals surface area contributed by atoms with Crippen LogP contribution in [-0.2, 0) is 9.53 Å². The third kappa shape index (κ3) is 5.60. The van der Waals surface area contributed by atoms with E-state index >= 15 is 0 Å². The molecule has 0 aliphatic carbocycles. The SMILES string of the molecule is CCOc1ccccc1/C=C/C(=O)OCC(=O)c1cc(OC)ccc1OC. The number of methoxy groups -OCH3 is 2. The number of ether oxygens (including phenoxy) is 4. The van der Waals surface area contributed by atoms with Gasteiger partial charge in [-0.3, -0.25) is 4.79 Å². The first-order valence-corrected chi connectivity index (χ1v) is 8.41. The molecule has 0 bridgehead atoms. The van der Waals surface area contributed by atoms with E-state index in [1.165, 1.54) is 20.3 Å². The summed E-state index contributed by atoms with van der Waals surface area (Å²) < 4.78 is 20.8. The van der Waals surface area contributed by atoms with Crippen LogP contribution in [0.4, 0.5) is 0 Å². The Kier molecular flexibility index (Phi) is 7.43. The fourth-order valence-corrected chi connectivity index (χ4v) is 2.36. The lowest BCUT2D eigenvalue weighted by Gasteiger charge is -2.09. The van der Waals surface area contributed by atoms with Crippen molar-refractivity contribution >= 4 is 17.8 Å². The van der Waals surface area contributed by atoms with Gasteiger partial charge in [0.25, 0.3) is 0 Å². The van der Waals surface area contributed by atoms with Gasteiger partial charge in [0, 0.05) is 11.6 Å². The minimum atomic E-state index is -0.628. The molecule has 0 radical (unpaired) electrons. The molecule has 0 aromatic heterocycles. The molecule has 0 heterocycles. The minimum absolute atomic E-state index is 0.287. The molecule has 2 rings (SSSR count). The summed E-state index contributed by atoms with van der Waals surface area (Å²) in [6, 6.07) is 12.2. The van der Waals surface area contributed by atoms with Crippen LogP contribution in [0.25, 0.3) is 6.08 Å². The molecule has 0 fully saturated rings. The second kappa shape index (κ2) is 10.0. The van der Waals surface area contributed by atoms with Crippen LogP contribution in [0, 0.1) is 0 Å². The smallest absolute Gasteiger partial charge is 0.331 e. The van der Waals surface area contributed by atoms with Gasteiger partial charge in [0.1, 0.15) is 17.2 Å². The van der Waals surface area contributed by atoms with Crippen molar-refractivity contribution in [3.63, 3.8) is 0 Å². The summed E-state index contributed by atoms with van der Waals surface area (Å²) in [4.78, 5) is 24.3. The van der Waals surface area contributed by atoms with Crippen molar-refractivity contribution in [2.45, 2.75) is 6.92 Å². The summed E-state index contributed by atoms with van der Waals surface area (Å²) in [6.07, 6.45) is 2.85. The number of Topliss-reactive ketones (excluding diaryl/α,β-unsaturated/α-hetero) is 1. The summed E-state index contributed by atoms with van der Waals surface area (Å²) in [5.41, 5.74) is 1.03. The molecule has 27 heavy (non-hydrogen) atoms. The number of esters is 1. The first kappa shape index (κ1) is 20.0. The van der Waals surface area contributed by atoms with Crippen LogP contribution in [0.2, 0.25) is 0 Å². The van der Waals surface area contributed by atoms with Crippen molar-refractivity contribution in [3.05, 3.63) is 59.7 Å². The molecule has 0 unspecified atom stereocenters. The number of rotatable bonds is 9. The Morgan fingerprint density at radius 2 is 1.78 bits per heavy atom. The number of ketones is 1. The van der Waals surface area contributed by atoms with Crippen molar-refractivity contribution in [2.75, 3.05) is 27.4 Å². The highest BCUT2D eigenvalue weighted by Gasteiger charge is 2.15. The lowest BCUT2D eigenvalue weighted by Crippen LogP contribution is -2.13. The molecule has 0 saturated carbocycles. The van der Waals surface area contributed by atoms with Gasteiger partial charge in [-0.2, -0.15) is 0 Å². The Balaban J connectivity index is 2.00. The predicted octanol–water partition coefficient (Wildman–Crippen LogP) is 3.54. The van der Waals surface area contributed by atoms with Gasteiger partial charge in [0.2, 0.25) is 5.78 Å². The Morgan fingerprint density at radius 1 is 1.00 bits per heavy atom. The van der Waals surface area contributed by atoms with E-state index in [0.29, 0.717) is 23.9 Å². The van der Waals surface area contributed by atoms with Crippen LogP contribution in [0.3, 0.4) is 0 Å². The molecule has 0 amide bonds. The number of para-hydroxylation sites is 1. The van der Waals surface area contributed by atoms with Gasteiger partial charge in [0.15, 0.2) is 6.61 Å². The van der Waals surface area contributed by atoms with E-state index < -0.39 is 12.6 Å². The van der Waals surface area contributed by atoms with Gasteiger partial charge in [-0.15, -0.1) is 0 Å². The molecule has 6 nitrogen and oxygen atoms in total. The largest absolute Gasteiger partial charge is 0.497 e. The first-order valence-electron chi connectivity index (χ1n) is 8.41. The fourth-order valence-electron chi connectivity index (χ4n) is 2.36. The highest BCUT2D eigenvalue weighted by atomic mass is 16.5. The molecule has 0 atom stereocenters. The molecule has 6 heteroatoms. The molecular formula is C21H22O6. The summed E-state index contributed by atoms with van der Waals surface area (Å²) >= 11 is 0. The Hall–Kier alpha value is -3.28. The maximum atomic E-state index is 12.4. The minimum Gasteiger partial charge on any atom is -0.497 e. The van der Waals surface area contributed by atoms with Gasteiger partial charge >= 0.3 is 5.97 Å². The highest BCUT2D eigenvalue weighted by Crippen LogP contribution is 2.24. The van der Waals surface area contributed by atoms with E-state index in [0.717, 1.165) is 5.56 Å². The third-order valence-corrected chi connectivity index (χ3v) is 3.67. The maximum absolute atomic E-state index is 12.4. The zero-order valence-electron chi connectivity index (χ0n) is 15.6. The van der Waals surface area contributed by atoms with Gasteiger partial charge in [-0.05, 0) is 37.3 Å². The summed E-state index contributed by atoms with van der Waals surface area (Å²) in [5, 5.41) is 0. The summed E-state index contributed by atoms with van der Waals surface area (Å²) in [5.74, 6) is 0.552. The average Bonchev–Trinajstić information content (AvgIpc) is 2.71. The van der Waals surface area contributed by atoms with Crippen molar-refractivity contribution in [3.8, 4) is 17.2 Å². The van der Waals surface area contributed by atoms with Crippen LogP contribution >= 0.6 is 0 Å². The van der Waals surface area contributed by atoms with E-state index in [9.17, 15) is 9.59 Å². The quantitative estimate of drug-likeness (QED) is 0.382. The molecule has 2 aromatic carbocycles. The number of carbonyl (C=O) groups excluding carboxylic acids is 2. The highest BCUT2D eigenvalue weighted by molar-refractivity contribution is 6.01. The number of hydrogen-bond acceptors (Lipinski definition) is 6. The van der Waals surface area contributed by atoms with Crippen molar-refractivity contribution in [1.29, 1.82) is 0 Å². The first-order chi connectivity index (χ1) is 13.1. The zero-order chi connectivity index (χ0) is 19.6. The second-order valence-electron chi connectivity index (χ2n) is 5.40. The number of carbonyl (C=O) groups is 2. The fraction of sp³-hybridized carbons (Fsp3) is 0.238. The normalized spacial score (nSPS) is 10.5. The second-order valence-corrected chi connectivity index (χ2v) is 5.40. The van der Waals surface area contributed by atoms with Crippen molar-refractivity contribution < 1.29 is 28.5 Å². The van der Waals surface area contributed by atoms with Crippen LogP contribution < -0.4 is 14.2 Å². The van der Waals surface area contributed by atoms with E-state index in [1.54, 1.807) is 24.3 Å². The van der Waals surface area contributed by atoms with Crippen molar-refractivity contribution in [2.24, 2.45) is 0 Å². The van der Waals surface area contributed by atoms with Gasteiger partial charge < -0.3 is 18.9 Å². The van der Waals surface area contributed by atoms with Crippen molar-refractivity contribution in [1.82, 2.24) is 0 Å². The monoisotopic (exact) mass is 370 g/mol. The zero-order valence-corrected chi connectivity index (χ0v) is 15.6. The van der Waals surface area contributed by atoms with E-state index in [-0.39, 0.29) is 11.3 Å². The molecule has 0 spiro atoms. The van der Waals surface area contributed by atoms with Crippen LogP contribution in [0.15, 0.2) is 48.5 Å². The van der Waals surface area contributed by atoms with Crippen LogP contribution in [-0.4, -0.2) is 39.2 Å². The predicted molar refractivity (Wildman–Crippen MR) is 101 cm³/mol. The van der Waals surface area contributed by atoms with Gasteiger partial charge in [-0.1, -0.05) is 18.2 Å². The molecule has 0 N–H and O–H groups in total. The third-order valence-electron chi connectivity index (χ3n) is 3.67. The van der Waals surface area contributed by atoms with Gasteiger partial charge in [0.05, 0.1) is 26.4 Å². The molecule has 0 aliphatic rings. The molecule has 2 aromatic rings. The lowest BCUT2D eigenvalue weighted by atomic mass is 10.1. The molecule has 0 saturated heterocycles. The molecular weight excluding hydrogens is 348 g/mol. The average molecular weight is 370 g/mol.